The quantitative estimate of drug-likeness (QED) is 0.628. The molecule has 0 aliphatic carbocycles. The minimum atomic E-state index is -2.00. The molecule has 0 radical (unpaired) electrons. The molecule has 6 nitrogen and oxygen atoms in total. The largest absolute Gasteiger partial charge is 0.394 e. The van der Waals surface area contributed by atoms with Gasteiger partial charge in [-0.2, -0.15) is 0 Å². The summed E-state index contributed by atoms with van der Waals surface area (Å²) in [6.45, 7) is -0.658. The molecule has 0 unspecified atom stereocenters. The first-order valence-corrected chi connectivity index (χ1v) is 6.95. The molecular weight excluding hydrogens is 298 g/mol. The lowest BCUT2D eigenvalue weighted by molar-refractivity contribution is -0.282. The third-order valence-corrected chi connectivity index (χ3v) is 4.32. The second kappa shape index (κ2) is 5.24. The van der Waals surface area contributed by atoms with Gasteiger partial charge in [0.2, 0.25) is 0 Å². The van der Waals surface area contributed by atoms with Crippen molar-refractivity contribution in [2.45, 2.75) is 24.0 Å². The molecule has 1 aromatic heterocycles. The van der Waals surface area contributed by atoms with Gasteiger partial charge in [0.25, 0.3) is 0 Å². The number of ether oxygens (including phenoxy) is 1. The molecule has 1 saturated heterocycles. The Kier molecular flexibility index (Phi) is 3.69. The number of aliphatic hydroxyl groups is 4. The minimum Gasteiger partial charge on any atom is -0.394 e. The average Bonchev–Trinajstić information content (AvgIpc) is 2.91. The van der Waals surface area contributed by atoms with E-state index < -0.39 is 30.6 Å². The fraction of sp³-hybridized carbons (Fsp3) is 0.429. The van der Waals surface area contributed by atoms with Crippen molar-refractivity contribution in [3.8, 4) is 0 Å². The van der Waals surface area contributed by atoms with Gasteiger partial charge in [-0.3, -0.25) is 0 Å². The van der Waals surface area contributed by atoms with E-state index in [0.29, 0.717) is 15.9 Å². The third-order valence-electron chi connectivity index (χ3n) is 3.99. The standard InChI is InChI=1S/C14H16ClNO5/c15-9-2-1-3-10-8(9)4-5-16(10)14(20)12(18)7-21-11(6-17)13(14)19/h1-5,11-13,17-20H,6-7H2/t11-,12+,13-,14+/m1/s1. The maximum atomic E-state index is 10.9. The van der Waals surface area contributed by atoms with Crippen molar-refractivity contribution in [3.63, 3.8) is 0 Å². The van der Waals surface area contributed by atoms with Gasteiger partial charge in [-0.05, 0) is 18.2 Å². The van der Waals surface area contributed by atoms with Gasteiger partial charge in [0.1, 0.15) is 18.3 Å². The van der Waals surface area contributed by atoms with Crippen LogP contribution in [-0.4, -0.2) is 56.5 Å². The first kappa shape index (κ1) is 14.8. The summed E-state index contributed by atoms with van der Waals surface area (Å²) in [6, 6.07) is 6.85. The Morgan fingerprint density at radius 2 is 2.10 bits per heavy atom. The van der Waals surface area contributed by atoms with E-state index in [0.717, 1.165) is 0 Å². The zero-order valence-corrected chi connectivity index (χ0v) is 11.8. The Morgan fingerprint density at radius 3 is 2.81 bits per heavy atom. The molecule has 3 rings (SSSR count). The molecule has 1 aliphatic heterocycles. The van der Waals surface area contributed by atoms with Crippen LogP contribution in [-0.2, 0) is 10.5 Å². The minimum absolute atomic E-state index is 0.195. The van der Waals surface area contributed by atoms with Gasteiger partial charge in [0.05, 0.1) is 18.7 Å². The zero-order valence-electron chi connectivity index (χ0n) is 11.1. The molecule has 1 fully saturated rings. The van der Waals surface area contributed by atoms with Crippen molar-refractivity contribution in [1.29, 1.82) is 0 Å². The van der Waals surface area contributed by atoms with Crippen LogP contribution in [0.4, 0.5) is 0 Å². The molecule has 4 atom stereocenters. The molecule has 1 aliphatic rings. The summed E-state index contributed by atoms with van der Waals surface area (Å²) in [7, 11) is 0. The number of halogens is 1. The number of aliphatic hydroxyl groups excluding tert-OH is 3. The van der Waals surface area contributed by atoms with E-state index in [9.17, 15) is 20.4 Å². The first-order chi connectivity index (χ1) is 10.00. The molecule has 7 heteroatoms. The van der Waals surface area contributed by atoms with Crippen LogP contribution in [0.2, 0.25) is 5.02 Å². The summed E-state index contributed by atoms with van der Waals surface area (Å²) in [5, 5.41) is 41.8. The Bertz CT molecular complexity index is 660. The van der Waals surface area contributed by atoms with Crippen LogP contribution in [0.1, 0.15) is 0 Å². The molecular formula is C14H16ClNO5. The van der Waals surface area contributed by atoms with Crippen molar-refractivity contribution in [3.05, 3.63) is 35.5 Å². The zero-order chi connectivity index (χ0) is 15.2. The van der Waals surface area contributed by atoms with E-state index in [1.807, 2.05) is 0 Å². The Hall–Kier alpha value is -1.15. The Morgan fingerprint density at radius 1 is 1.33 bits per heavy atom. The lowest BCUT2D eigenvalue weighted by Gasteiger charge is -2.45. The number of hydrogen-bond acceptors (Lipinski definition) is 5. The molecule has 0 spiro atoms. The molecule has 0 saturated carbocycles. The van der Waals surface area contributed by atoms with Gasteiger partial charge in [0.15, 0.2) is 5.72 Å². The van der Waals surface area contributed by atoms with E-state index in [-0.39, 0.29) is 6.61 Å². The Balaban J connectivity index is 2.16. The molecule has 21 heavy (non-hydrogen) atoms. The molecule has 114 valence electrons. The van der Waals surface area contributed by atoms with E-state index >= 15 is 0 Å². The van der Waals surface area contributed by atoms with Crippen LogP contribution in [0.15, 0.2) is 30.5 Å². The summed E-state index contributed by atoms with van der Waals surface area (Å²) in [5.74, 6) is 0. The maximum absolute atomic E-state index is 10.9. The van der Waals surface area contributed by atoms with Crippen molar-refractivity contribution < 1.29 is 25.2 Å². The topological polar surface area (TPSA) is 95.1 Å². The highest BCUT2D eigenvalue weighted by atomic mass is 35.5. The summed E-state index contributed by atoms with van der Waals surface area (Å²) in [5.41, 5.74) is -1.43. The normalized spacial score (nSPS) is 33.5. The first-order valence-electron chi connectivity index (χ1n) is 6.57. The predicted molar refractivity (Wildman–Crippen MR) is 76.0 cm³/mol. The second-order valence-electron chi connectivity index (χ2n) is 5.16. The van der Waals surface area contributed by atoms with Crippen LogP contribution in [0.25, 0.3) is 10.9 Å². The van der Waals surface area contributed by atoms with Crippen LogP contribution < -0.4 is 0 Å². The van der Waals surface area contributed by atoms with Gasteiger partial charge < -0.3 is 29.7 Å². The summed E-state index contributed by atoms with van der Waals surface area (Å²) in [6.07, 6.45) is -2.26. The molecule has 2 heterocycles. The van der Waals surface area contributed by atoms with Gasteiger partial charge in [-0.25, -0.2) is 0 Å². The van der Waals surface area contributed by atoms with Gasteiger partial charge in [0, 0.05) is 16.6 Å². The average molecular weight is 314 g/mol. The van der Waals surface area contributed by atoms with Crippen molar-refractivity contribution in [2.75, 3.05) is 13.2 Å². The molecule has 2 aromatic rings. The highest BCUT2D eigenvalue weighted by Gasteiger charge is 2.52. The van der Waals surface area contributed by atoms with Crippen LogP contribution in [0.3, 0.4) is 0 Å². The van der Waals surface area contributed by atoms with Crippen LogP contribution in [0, 0.1) is 0 Å². The predicted octanol–water partition coefficient (Wildman–Crippen LogP) is 0.0527. The number of benzene rings is 1. The summed E-state index contributed by atoms with van der Waals surface area (Å²) in [4.78, 5) is 0. The number of fused-ring (bicyclic) bond motifs is 1. The van der Waals surface area contributed by atoms with E-state index in [4.69, 9.17) is 16.3 Å². The molecule has 0 bridgehead atoms. The smallest absolute Gasteiger partial charge is 0.199 e. The summed E-state index contributed by atoms with van der Waals surface area (Å²) >= 11 is 6.10. The van der Waals surface area contributed by atoms with Crippen molar-refractivity contribution >= 4 is 22.5 Å². The lowest BCUT2D eigenvalue weighted by Crippen LogP contribution is -2.64. The lowest BCUT2D eigenvalue weighted by atomic mass is 9.92. The third kappa shape index (κ3) is 2.07. The van der Waals surface area contributed by atoms with Gasteiger partial charge in [-0.15, -0.1) is 0 Å². The number of aromatic nitrogens is 1. The second-order valence-corrected chi connectivity index (χ2v) is 5.56. The van der Waals surface area contributed by atoms with Crippen LogP contribution in [0.5, 0.6) is 0 Å². The van der Waals surface area contributed by atoms with Gasteiger partial charge >= 0.3 is 0 Å². The van der Waals surface area contributed by atoms with Gasteiger partial charge in [-0.1, -0.05) is 17.7 Å². The van der Waals surface area contributed by atoms with Crippen LogP contribution >= 0.6 is 11.6 Å². The SMILES string of the molecule is OC[C@H]1OC[C@H](O)[C@@](O)(n2ccc3c(Cl)cccc32)[C@@H]1O. The molecule has 0 amide bonds. The number of nitrogens with zero attached hydrogens (tertiary/aromatic N) is 1. The molecule has 4 N–H and O–H groups in total. The highest BCUT2D eigenvalue weighted by molar-refractivity contribution is 6.35. The van der Waals surface area contributed by atoms with Crippen molar-refractivity contribution in [1.82, 2.24) is 4.57 Å². The Labute approximate surface area is 125 Å². The fourth-order valence-electron chi connectivity index (χ4n) is 2.80. The summed E-state index contributed by atoms with van der Waals surface area (Å²) < 4.78 is 6.50. The fourth-order valence-corrected chi connectivity index (χ4v) is 3.03. The van der Waals surface area contributed by atoms with E-state index in [1.165, 1.54) is 4.57 Å². The maximum Gasteiger partial charge on any atom is 0.199 e. The van der Waals surface area contributed by atoms with Crippen molar-refractivity contribution in [2.24, 2.45) is 0 Å². The number of hydrogen-bond donors (Lipinski definition) is 4. The van der Waals surface area contributed by atoms with E-state index in [1.54, 1.807) is 30.5 Å². The highest BCUT2D eigenvalue weighted by Crippen LogP contribution is 2.35. The van der Waals surface area contributed by atoms with E-state index in [2.05, 4.69) is 0 Å². The number of rotatable bonds is 2. The monoisotopic (exact) mass is 313 g/mol. The molecule has 1 aromatic carbocycles.